The van der Waals surface area contributed by atoms with Crippen molar-refractivity contribution in [3.63, 3.8) is 0 Å². The van der Waals surface area contributed by atoms with E-state index in [0.717, 1.165) is 31.2 Å². The second kappa shape index (κ2) is 11.2. The van der Waals surface area contributed by atoms with E-state index < -0.39 is 66.8 Å². The quantitative estimate of drug-likeness (QED) is 0.260. The minimum atomic E-state index is -1.21. The first kappa shape index (κ1) is 26.7. The van der Waals surface area contributed by atoms with Crippen molar-refractivity contribution in [1.29, 1.82) is 0 Å². The lowest BCUT2D eigenvalue weighted by Crippen LogP contribution is -2.47. The molecule has 2 aromatic rings. The lowest BCUT2D eigenvalue weighted by molar-refractivity contribution is -0.393. The normalized spacial score (nSPS) is 18.9. The number of ether oxygens (including phenoxy) is 2. The van der Waals surface area contributed by atoms with Crippen LogP contribution >= 0.6 is 0 Å². The number of hydrogen-bond acceptors (Lipinski definition) is 13. The van der Waals surface area contributed by atoms with E-state index in [1.54, 1.807) is 0 Å². The maximum atomic E-state index is 11.6. The Hall–Kier alpha value is -4.93. The summed E-state index contributed by atoms with van der Waals surface area (Å²) in [4.78, 5) is 53.2. The van der Waals surface area contributed by atoms with Crippen LogP contribution in [-0.4, -0.2) is 50.6 Å². The number of esters is 1. The molecule has 0 aliphatic carbocycles. The monoisotopic (exact) mass is 520 g/mol. The van der Waals surface area contributed by atoms with E-state index in [1.165, 1.54) is 12.1 Å². The van der Waals surface area contributed by atoms with Gasteiger partial charge in [-0.05, 0) is 25.0 Å². The topological polar surface area (TPSA) is 232 Å². The highest BCUT2D eigenvalue weighted by Crippen LogP contribution is 2.33. The molecule has 0 aromatic heterocycles. The van der Waals surface area contributed by atoms with E-state index in [1.807, 2.05) is 0 Å². The summed E-state index contributed by atoms with van der Waals surface area (Å²) in [5, 5.41) is 50.3. The van der Waals surface area contributed by atoms with Crippen LogP contribution in [0.15, 0.2) is 36.4 Å². The average molecular weight is 520 g/mol. The summed E-state index contributed by atoms with van der Waals surface area (Å²) >= 11 is 0. The van der Waals surface area contributed by atoms with Gasteiger partial charge in [-0.2, -0.15) is 0 Å². The number of anilines is 2. The fraction of sp³-hybridized carbons (Fsp3) is 0.350. The molecule has 17 heteroatoms. The van der Waals surface area contributed by atoms with Crippen molar-refractivity contribution >= 4 is 40.1 Å². The first-order valence-corrected chi connectivity index (χ1v) is 10.6. The lowest BCUT2D eigenvalue weighted by atomic mass is 10.0. The maximum Gasteiger partial charge on any atom is 0.305 e. The molecule has 1 saturated heterocycles. The Morgan fingerprint density at radius 1 is 0.892 bits per heavy atom. The Morgan fingerprint density at radius 3 is 1.95 bits per heavy atom. The SMILES string of the molecule is CC(=O)OC1O[C@H](CNc2ccc([N+](=O)[O-])cc2[N+](=O)[O-])CC[C@H]1Nc1ccc([N+](=O)[O-])cc1[N+](=O)[O-]. The Kier molecular flexibility index (Phi) is 8.08. The van der Waals surface area contributed by atoms with Gasteiger partial charge in [0.1, 0.15) is 11.4 Å². The average Bonchev–Trinajstić information content (AvgIpc) is 2.83. The minimum Gasteiger partial charge on any atom is -0.434 e. The van der Waals surface area contributed by atoms with Crippen molar-refractivity contribution in [2.45, 2.75) is 38.2 Å². The van der Waals surface area contributed by atoms with Crippen LogP contribution in [0.4, 0.5) is 34.1 Å². The summed E-state index contributed by atoms with van der Waals surface area (Å²) in [6, 6.07) is 5.43. The Morgan fingerprint density at radius 2 is 1.43 bits per heavy atom. The van der Waals surface area contributed by atoms with E-state index in [-0.39, 0.29) is 24.3 Å². The molecule has 0 radical (unpaired) electrons. The van der Waals surface area contributed by atoms with Crippen LogP contribution in [0.25, 0.3) is 0 Å². The molecule has 1 unspecified atom stereocenters. The van der Waals surface area contributed by atoms with Crippen LogP contribution in [0.5, 0.6) is 0 Å². The number of rotatable bonds is 10. The molecular weight excluding hydrogens is 500 g/mol. The van der Waals surface area contributed by atoms with Crippen molar-refractivity contribution in [2.24, 2.45) is 0 Å². The third kappa shape index (κ3) is 6.60. The predicted molar refractivity (Wildman–Crippen MR) is 125 cm³/mol. The van der Waals surface area contributed by atoms with E-state index in [0.29, 0.717) is 6.42 Å². The number of nitrogens with one attached hydrogen (secondary N) is 2. The number of nitro groups is 4. The summed E-state index contributed by atoms with van der Waals surface area (Å²) in [5.41, 5.74) is -2.00. The molecule has 1 aliphatic heterocycles. The molecule has 1 fully saturated rings. The minimum absolute atomic E-state index is 0.0147. The van der Waals surface area contributed by atoms with Gasteiger partial charge in [0.15, 0.2) is 0 Å². The van der Waals surface area contributed by atoms with Gasteiger partial charge in [0.2, 0.25) is 6.29 Å². The molecule has 0 bridgehead atoms. The first-order valence-electron chi connectivity index (χ1n) is 10.6. The number of nitro benzene ring substituents is 4. The van der Waals surface area contributed by atoms with Gasteiger partial charge in [-0.15, -0.1) is 0 Å². The van der Waals surface area contributed by atoms with Gasteiger partial charge in [-0.1, -0.05) is 0 Å². The molecule has 1 aliphatic rings. The van der Waals surface area contributed by atoms with Gasteiger partial charge >= 0.3 is 5.97 Å². The van der Waals surface area contributed by atoms with Crippen LogP contribution in [0.2, 0.25) is 0 Å². The molecule has 37 heavy (non-hydrogen) atoms. The van der Waals surface area contributed by atoms with Gasteiger partial charge in [-0.3, -0.25) is 45.3 Å². The van der Waals surface area contributed by atoms with E-state index >= 15 is 0 Å². The number of benzene rings is 2. The van der Waals surface area contributed by atoms with Crippen molar-refractivity contribution in [3.05, 3.63) is 76.9 Å². The molecule has 196 valence electrons. The molecule has 0 saturated carbocycles. The molecule has 1 heterocycles. The van der Waals surface area contributed by atoms with Gasteiger partial charge in [0.25, 0.3) is 22.7 Å². The molecular formula is C20H20N6O11. The molecule has 0 amide bonds. The van der Waals surface area contributed by atoms with Gasteiger partial charge in [0, 0.05) is 25.6 Å². The van der Waals surface area contributed by atoms with Crippen LogP contribution in [-0.2, 0) is 14.3 Å². The van der Waals surface area contributed by atoms with Gasteiger partial charge < -0.3 is 20.1 Å². The molecule has 2 N–H and O–H groups in total. The highest BCUT2D eigenvalue weighted by atomic mass is 16.7. The standard InChI is InChI=1S/C20H20N6O11/c1-11(27)36-20-17(22-16-6-3-13(24(30)31)9-19(16)26(34)35)7-4-14(37-20)10-21-15-5-2-12(23(28)29)8-18(15)25(32)33/h2-3,5-6,8-9,14,17,20-22H,4,7,10H2,1H3/t14-,17+,20?/m0/s1. The zero-order valence-corrected chi connectivity index (χ0v) is 19.1. The summed E-state index contributed by atoms with van der Waals surface area (Å²) in [6.07, 6.45) is -1.23. The Balaban J connectivity index is 1.74. The summed E-state index contributed by atoms with van der Waals surface area (Å²) < 4.78 is 11.0. The highest BCUT2D eigenvalue weighted by molar-refractivity contribution is 5.67. The largest absolute Gasteiger partial charge is 0.434 e. The summed E-state index contributed by atoms with van der Waals surface area (Å²) in [7, 11) is 0. The third-order valence-corrected chi connectivity index (χ3v) is 5.38. The maximum absolute atomic E-state index is 11.6. The molecule has 17 nitrogen and oxygen atoms in total. The molecule has 0 spiro atoms. The first-order chi connectivity index (χ1) is 17.5. The molecule has 2 aromatic carbocycles. The highest BCUT2D eigenvalue weighted by Gasteiger charge is 2.35. The van der Waals surface area contributed by atoms with E-state index in [9.17, 15) is 45.3 Å². The van der Waals surface area contributed by atoms with Gasteiger partial charge in [0.05, 0.1) is 44.0 Å². The van der Waals surface area contributed by atoms with E-state index in [4.69, 9.17) is 9.47 Å². The molecule has 3 rings (SSSR count). The van der Waals surface area contributed by atoms with Crippen molar-refractivity contribution in [3.8, 4) is 0 Å². The fourth-order valence-electron chi connectivity index (χ4n) is 3.68. The lowest BCUT2D eigenvalue weighted by Gasteiger charge is -2.36. The fourth-order valence-corrected chi connectivity index (χ4v) is 3.68. The Labute approximate surface area is 207 Å². The van der Waals surface area contributed by atoms with E-state index in [2.05, 4.69) is 10.6 Å². The second-order valence-electron chi connectivity index (χ2n) is 7.88. The van der Waals surface area contributed by atoms with Crippen LogP contribution < -0.4 is 10.6 Å². The van der Waals surface area contributed by atoms with Gasteiger partial charge in [-0.25, -0.2) is 0 Å². The Bertz CT molecular complexity index is 1250. The number of nitrogens with zero attached hydrogens (tertiary/aromatic N) is 4. The predicted octanol–water partition coefficient (Wildman–Crippen LogP) is 3.28. The smallest absolute Gasteiger partial charge is 0.305 e. The van der Waals surface area contributed by atoms with Crippen LogP contribution in [0.1, 0.15) is 19.8 Å². The summed E-state index contributed by atoms with van der Waals surface area (Å²) in [6.45, 7) is 1.15. The number of carbonyl (C=O) groups is 1. The number of non-ortho nitro benzene ring substituents is 2. The van der Waals surface area contributed by atoms with Crippen molar-refractivity contribution in [2.75, 3.05) is 17.2 Å². The van der Waals surface area contributed by atoms with Crippen LogP contribution in [0.3, 0.4) is 0 Å². The second-order valence-corrected chi connectivity index (χ2v) is 7.88. The number of hydrogen-bond donors (Lipinski definition) is 2. The third-order valence-electron chi connectivity index (χ3n) is 5.38. The van der Waals surface area contributed by atoms with Crippen molar-refractivity contribution < 1.29 is 34.0 Å². The zero-order chi connectivity index (χ0) is 27.3. The zero-order valence-electron chi connectivity index (χ0n) is 19.1. The van der Waals surface area contributed by atoms with Crippen LogP contribution in [0, 0.1) is 40.5 Å². The number of carbonyl (C=O) groups excluding carboxylic acids is 1. The van der Waals surface area contributed by atoms with Crippen molar-refractivity contribution in [1.82, 2.24) is 0 Å². The molecule has 3 atom stereocenters. The summed E-state index contributed by atoms with van der Waals surface area (Å²) in [5.74, 6) is -0.699.